The standard InChI is InChI=1S/C8H17N3/c1-4-8(7(2)3)5-6-10-11-9/h5,7-8,11H,4,9H2,1-3H3. The van der Waals surface area contributed by atoms with Crippen LogP contribution >= 0.6 is 0 Å². The number of nitrogens with zero attached hydrogens (tertiary/aromatic N) is 1. The van der Waals surface area contributed by atoms with Crippen molar-refractivity contribution in [1.82, 2.24) is 5.53 Å². The second-order valence-corrected chi connectivity index (χ2v) is 2.85. The van der Waals surface area contributed by atoms with E-state index < -0.39 is 0 Å². The summed E-state index contributed by atoms with van der Waals surface area (Å²) in [5.41, 5.74) is 2.17. The number of nitrogens with two attached hydrogens (primary N) is 1. The number of hydrogen-bond donors (Lipinski definition) is 2. The molecule has 0 aliphatic carbocycles. The van der Waals surface area contributed by atoms with Crippen LogP contribution in [0.1, 0.15) is 27.2 Å². The van der Waals surface area contributed by atoms with Crippen LogP contribution in [0.2, 0.25) is 0 Å². The van der Waals surface area contributed by atoms with Crippen LogP contribution in [0, 0.1) is 11.8 Å². The first kappa shape index (κ1) is 10.2. The summed E-state index contributed by atoms with van der Waals surface area (Å²) in [7, 11) is 0. The molecule has 0 radical (unpaired) electrons. The van der Waals surface area contributed by atoms with Gasteiger partial charge in [-0.1, -0.05) is 20.8 Å². The van der Waals surface area contributed by atoms with Crippen molar-refractivity contribution in [2.24, 2.45) is 22.8 Å². The van der Waals surface area contributed by atoms with Crippen LogP contribution in [-0.2, 0) is 0 Å². The lowest BCUT2D eigenvalue weighted by Crippen LogP contribution is -2.13. The molecule has 0 aromatic carbocycles. The number of rotatable bonds is 4. The van der Waals surface area contributed by atoms with Crippen molar-refractivity contribution in [2.45, 2.75) is 27.2 Å². The van der Waals surface area contributed by atoms with Crippen molar-refractivity contribution < 1.29 is 0 Å². The maximum atomic E-state index is 4.93. The highest BCUT2D eigenvalue weighted by Gasteiger charge is 2.05. The van der Waals surface area contributed by atoms with E-state index in [2.05, 4.69) is 37.3 Å². The Morgan fingerprint density at radius 2 is 2.27 bits per heavy atom. The van der Waals surface area contributed by atoms with E-state index >= 15 is 0 Å². The lowest BCUT2D eigenvalue weighted by Gasteiger charge is -2.11. The van der Waals surface area contributed by atoms with Gasteiger partial charge in [0.2, 0.25) is 0 Å². The van der Waals surface area contributed by atoms with Crippen molar-refractivity contribution >= 4 is 5.87 Å². The molecule has 64 valence electrons. The first-order chi connectivity index (χ1) is 5.22. The SMILES string of the molecule is CCC(C=C=NNN)C(C)C. The van der Waals surface area contributed by atoms with E-state index in [9.17, 15) is 0 Å². The molecule has 0 heterocycles. The van der Waals surface area contributed by atoms with Crippen LogP contribution in [0.5, 0.6) is 0 Å². The quantitative estimate of drug-likeness (QED) is 0.365. The predicted octanol–water partition coefficient (Wildman–Crippen LogP) is 1.27. The molecule has 0 bridgehead atoms. The molecule has 0 spiro atoms. The highest BCUT2D eigenvalue weighted by molar-refractivity contribution is 5.51. The normalized spacial score (nSPS) is 12.1. The van der Waals surface area contributed by atoms with Crippen LogP contribution in [0.15, 0.2) is 11.2 Å². The lowest BCUT2D eigenvalue weighted by molar-refractivity contribution is 0.455. The molecule has 1 atom stereocenters. The van der Waals surface area contributed by atoms with E-state index in [4.69, 9.17) is 5.84 Å². The van der Waals surface area contributed by atoms with Gasteiger partial charge in [-0.2, -0.15) is 0 Å². The van der Waals surface area contributed by atoms with Crippen LogP contribution in [0.4, 0.5) is 0 Å². The summed E-state index contributed by atoms with van der Waals surface area (Å²) in [6.07, 6.45) is 3.06. The van der Waals surface area contributed by atoms with Gasteiger partial charge in [-0.05, 0) is 24.3 Å². The average Bonchev–Trinajstić information content (AvgIpc) is 1.97. The maximum Gasteiger partial charge on any atom is 0.00536 e. The minimum atomic E-state index is 0.548. The second kappa shape index (κ2) is 5.96. The van der Waals surface area contributed by atoms with Gasteiger partial charge in [0, 0.05) is 5.87 Å². The Balaban J connectivity index is 3.96. The van der Waals surface area contributed by atoms with Gasteiger partial charge in [0.15, 0.2) is 0 Å². The fourth-order valence-corrected chi connectivity index (χ4v) is 0.952. The van der Waals surface area contributed by atoms with Gasteiger partial charge in [-0.3, -0.25) is 0 Å². The molecule has 1 unspecified atom stereocenters. The van der Waals surface area contributed by atoms with Crippen molar-refractivity contribution in [3.8, 4) is 0 Å². The zero-order valence-electron chi connectivity index (χ0n) is 7.46. The van der Waals surface area contributed by atoms with E-state index in [1.165, 1.54) is 0 Å². The summed E-state index contributed by atoms with van der Waals surface area (Å²) in [5.74, 6) is 8.85. The van der Waals surface area contributed by atoms with Gasteiger partial charge in [0.25, 0.3) is 0 Å². The highest BCUT2D eigenvalue weighted by atomic mass is 15.5. The molecule has 3 N–H and O–H groups in total. The fourth-order valence-electron chi connectivity index (χ4n) is 0.952. The second-order valence-electron chi connectivity index (χ2n) is 2.85. The van der Waals surface area contributed by atoms with Gasteiger partial charge < -0.3 is 0 Å². The molecule has 3 nitrogen and oxygen atoms in total. The number of hydrogen-bond acceptors (Lipinski definition) is 3. The van der Waals surface area contributed by atoms with E-state index in [0.29, 0.717) is 11.8 Å². The summed E-state index contributed by atoms with van der Waals surface area (Å²) in [6, 6.07) is 0. The van der Waals surface area contributed by atoms with Crippen LogP contribution in [-0.4, -0.2) is 5.87 Å². The smallest absolute Gasteiger partial charge is 0.00536 e. The van der Waals surface area contributed by atoms with Gasteiger partial charge in [0.05, 0.1) is 0 Å². The molecular formula is C8H17N3. The third kappa shape index (κ3) is 4.59. The number of allylic oxidation sites excluding steroid dienone is 1. The van der Waals surface area contributed by atoms with Crippen molar-refractivity contribution in [1.29, 1.82) is 0 Å². The molecular weight excluding hydrogens is 138 g/mol. The number of nitrogens with one attached hydrogen (secondary N) is 1. The summed E-state index contributed by atoms with van der Waals surface area (Å²) < 4.78 is 0. The van der Waals surface area contributed by atoms with Crippen molar-refractivity contribution in [3.63, 3.8) is 0 Å². The molecule has 11 heavy (non-hydrogen) atoms. The Hall–Kier alpha value is -0.790. The summed E-state index contributed by atoms with van der Waals surface area (Å²) >= 11 is 0. The Morgan fingerprint density at radius 1 is 1.64 bits per heavy atom. The predicted molar refractivity (Wildman–Crippen MR) is 47.9 cm³/mol. The van der Waals surface area contributed by atoms with Crippen molar-refractivity contribution in [3.05, 3.63) is 6.08 Å². The zero-order valence-corrected chi connectivity index (χ0v) is 7.46. The topological polar surface area (TPSA) is 50.4 Å². The Bertz CT molecular complexity index is 145. The third-order valence-electron chi connectivity index (χ3n) is 1.75. The molecule has 0 saturated heterocycles. The number of hydrazone groups is 1. The van der Waals surface area contributed by atoms with Crippen LogP contribution in [0.25, 0.3) is 0 Å². The fraction of sp³-hybridized carbons (Fsp3) is 0.750. The van der Waals surface area contributed by atoms with E-state index in [1.54, 1.807) is 0 Å². The molecule has 0 fully saturated rings. The summed E-state index contributed by atoms with van der Waals surface area (Å²) in [5, 5.41) is 3.56. The third-order valence-corrected chi connectivity index (χ3v) is 1.75. The molecule has 0 rings (SSSR count). The molecule has 3 heteroatoms. The zero-order chi connectivity index (χ0) is 8.69. The Labute approximate surface area is 68.3 Å². The van der Waals surface area contributed by atoms with Gasteiger partial charge in [-0.25, -0.2) is 11.4 Å². The molecule has 0 aromatic rings. The van der Waals surface area contributed by atoms with E-state index in [1.807, 2.05) is 6.08 Å². The van der Waals surface area contributed by atoms with Crippen molar-refractivity contribution in [2.75, 3.05) is 0 Å². The van der Waals surface area contributed by atoms with Crippen LogP contribution < -0.4 is 11.4 Å². The van der Waals surface area contributed by atoms with Gasteiger partial charge >= 0.3 is 0 Å². The Kier molecular flexibility index (Phi) is 5.53. The Morgan fingerprint density at radius 3 is 2.64 bits per heavy atom. The molecule has 0 amide bonds. The average molecular weight is 155 g/mol. The maximum absolute atomic E-state index is 4.93. The lowest BCUT2D eigenvalue weighted by atomic mass is 9.94. The number of hydrazine groups is 1. The van der Waals surface area contributed by atoms with Gasteiger partial charge in [-0.15, -0.1) is 5.10 Å². The largest absolute Gasteiger partial charge is 0.237 e. The van der Waals surface area contributed by atoms with Gasteiger partial charge in [0.1, 0.15) is 0 Å². The minimum absolute atomic E-state index is 0.548. The minimum Gasteiger partial charge on any atom is -0.237 e. The molecule has 0 aromatic heterocycles. The van der Waals surface area contributed by atoms with E-state index in [-0.39, 0.29) is 0 Å². The summed E-state index contributed by atoms with van der Waals surface area (Å²) in [4.78, 5) is 0. The molecule has 0 aliphatic rings. The molecule has 0 saturated carbocycles. The van der Waals surface area contributed by atoms with E-state index in [0.717, 1.165) is 6.42 Å². The first-order valence-corrected chi connectivity index (χ1v) is 3.96. The highest BCUT2D eigenvalue weighted by Crippen LogP contribution is 2.14. The molecule has 0 aliphatic heterocycles. The first-order valence-electron chi connectivity index (χ1n) is 3.96. The summed E-state index contributed by atoms with van der Waals surface area (Å²) in [6.45, 7) is 6.52. The van der Waals surface area contributed by atoms with Crippen LogP contribution in [0.3, 0.4) is 0 Å². The monoisotopic (exact) mass is 155 g/mol.